The van der Waals surface area contributed by atoms with Gasteiger partial charge in [-0.05, 0) is 68.4 Å². The Morgan fingerprint density at radius 1 is 1.12 bits per heavy atom. The first-order valence-corrected chi connectivity index (χ1v) is 10.5. The second-order valence-corrected chi connectivity index (χ2v) is 8.13. The number of nitrogens with one attached hydrogen (secondary N) is 2. The molecule has 7 nitrogen and oxygen atoms in total. The minimum atomic E-state index is -4.80. The van der Waals surface area contributed by atoms with Gasteiger partial charge in [-0.25, -0.2) is 0 Å². The van der Waals surface area contributed by atoms with Crippen LogP contribution in [0.5, 0.6) is 5.75 Å². The van der Waals surface area contributed by atoms with Crippen molar-refractivity contribution >= 4 is 23.2 Å². The van der Waals surface area contributed by atoms with E-state index in [2.05, 4.69) is 39.5 Å². The zero-order valence-electron chi connectivity index (χ0n) is 18.7. The smallest absolute Gasteiger partial charge is 0.406 e. The fourth-order valence-corrected chi connectivity index (χ4v) is 3.81. The number of likely N-dealkylation sites (N-methyl/N-ethyl adjacent to an activating group) is 1. The lowest BCUT2D eigenvalue weighted by atomic mass is 9.96. The molecular weight excluding hydrogens is 437 g/mol. The molecule has 0 saturated carbocycles. The molecule has 2 aromatic rings. The van der Waals surface area contributed by atoms with Crippen molar-refractivity contribution in [2.24, 2.45) is 0 Å². The number of hydrogen-bond acceptors (Lipinski definition) is 5. The van der Waals surface area contributed by atoms with E-state index < -0.39 is 23.9 Å². The lowest BCUT2D eigenvalue weighted by Crippen LogP contribution is -2.40. The van der Waals surface area contributed by atoms with Crippen molar-refractivity contribution < 1.29 is 27.5 Å². The van der Waals surface area contributed by atoms with E-state index in [1.54, 1.807) is 0 Å². The van der Waals surface area contributed by atoms with Gasteiger partial charge < -0.3 is 25.2 Å². The zero-order chi connectivity index (χ0) is 24.2. The van der Waals surface area contributed by atoms with Crippen molar-refractivity contribution in [1.82, 2.24) is 10.2 Å². The second-order valence-electron chi connectivity index (χ2n) is 8.13. The summed E-state index contributed by atoms with van der Waals surface area (Å²) in [4.78, 5) is 28.7. The van der Waals surface area contributed by atoms with E-state index in [0.717, 1.165) is 37.1 Å². The van der Waals surface area contributed by atoms with Crippen molar-refractivity contribution in [2.75, 3.05) is 44.4 Å². The number of rotatable bonds is 6. The van der Waals surface area contributed by atoms with Crippen LogP contribution in [0.15, 0.2) is 42.5 Å². The third-order valence-electron chi connectivity index (χ3n) is 5.47. The highest BCUT2D eigenvalue weighted by Gasteiger charge is 2.31. The molecule has 1 aliphatic heterocycles. The van der Waals surface area contributed by atoms with E-state index >= 15 is 0 Å². The summed E-state index contributed by atoms with van der Waals surface area (Å²) >= 11 is 0. The normalized spacial score (nSPS) is 14.5. The average Bonchev–Trinajstić information content (AvgIpc) is 2.74. The quantitative estimate of drug-likeness (QED) is 0.642. The Morgan fingerprint density at radius 2 is 1.82 bits per heavy atom. The number of aryl methyl sites for hydroxylation is 1. The van der Waals surface area contributed by atoms with Crippen LogP contribution >= 0.6 is 0 Å². The highest BCUT2D eigenvalue weighted by atomic mass is 19.4. The Bertz CT molecular complexity index is 993. The van der Waals surface area contributed by atoms with E-state index in [-0.39, 0.29) is 18.3 Å². The Balaban J connectivity index is 1.59. The number of alkyl halides is 3. The number of carbonyl (C=O) groups is 2. The lowest BCUT2D eigenvalue weighted by molar-refractivity contribution is -0.274. The van der Waals surface area contributed by atoms with Crippen molar-refractivity contribution in [1.29, 1.82) is 0 Å². The Hall–Kier alpha value is -3.27. The van der Waals surface area contributed by atoms with Gasteiger partial charge in [-0.15, -0.1) is 13.2 Å². The maximum atomic E-state index is 12.3. The minimum Gasteiger partial charge on any atom is -0.406 e. The molecule has 0 spiro atoms. The molecule has 2 aromatic carbocycles. The molecule has 1 heterocycles. The number of anilines is 2. The summed E-state index contributed by atoms with van der Waals surface area (Å²) in [6, 6.07) is 10.7. The molecule has 1 atom stereocenters. The van der Waals surface area contributed by atoms with Gasteiger partial charge >= 0.3 is 18.2 Å². The Labute approximate surface area is 190 Å². The lowest BCUT2D eigenvalue weighted by Gasteiger charge is -2.30. The third-order valence-corrected chi connectivity index (χ3v) is 5.47. The Kier molecular flexibility index (Phi) is 7.47. The summed E-state index contributed by atoms with van der Waals surface area (Å²) in [5.74, 6) is -2.17. The molecule has 0 unspecified atom stereocenters. The van der Waals surface area contributed by atoms with Crippen LogP contribution in [-0.2, 0) is 16.0 Å². The van der Waals surface area contributed by atoms with Gasteiger partial charge in [0.05, 0.1) is 6.04 Å². The summed E-state index contributed by atoms with van der Waals surface area (Å²) in [5, 5.41) is 5.00. The van der Waals surface area contributed by atoms with Crippen LogP contribution in [0.25, 0.3) is 0 Å². The first kappa shape index (κ1) is 24.4. The van der Waals surface area contributed by atoms with Gasteiger partial charge in [0.2, 0.25) is 0 Å². The van der Waals surface area contributed by atoms with Gasteiger partial charge in [0, 0.05) is 31.5 Å². The summed E-state index contributed by atoms with van der Waals surface area (Å²) in [7, 11) is 5.86. The molecule has 0 aromatic heterocycles. The predicted molar refractivity (Wildman–Crippen MR) is 119 cm³/mol. The number of amides is 2. The average molecular weight is 464 g/mol. The second kappa shape index (κ2) is 10.1. The zero-order valence-corrected chi connectivity index (χ0v) is 18.7. The van der Waals surface area contributed by atoms with E-state index in [9.17, 15) is 22.8 Å². The van der Waals surface area contributed by atoms with Crippen LogP contribution < -0.4 is 20.3 Å². The molecule has 2 amide bonds. The van der Waals surface area contributed by atoms with Gasteiger partial charge in [0.1, 0.15) is 5.75 Å². The fourth-order valence-electron chi connectivity index (χ4n) is 3.81. The number of halogens is 3. The molecule has 0 radical (unpaired) electrons. The van der Waals surface area contributed by atoms with Gasteiger partial charge in [-0.3, -0.25) is 9.59 Å². The topological polar surface area (TPSA) is 73.9 Å². The molecule has 3 rings (SSSR count). The summed E-state index contributed by atoms with van der Waals surface area (Å²) in [6.07, 6.45) is -2.73. The number of nitrogens with zero attached hydrogens (tertiary/aromatic N) is 2. The largest absolute Gasteiger partial charge is 0.573 e. The number of ether oxygens (including phenoxy) is 1. The highest BCUT2D eigenvalue weighted by molar-refractivity contribution is 6.39. The van der Waals surface area contributed by atoms with Gasteiger partial charge in [0.15, 0.2) is 0 Å². The van der Waals surface area contributed by atoms with Crippen molar-refractivity contribution in [3.8, 4) is 5.75 Å². The van der Waals surface area contributed by atoms with Crippen LogP contribution in [0.3, 0.4) is 0 Å². The summed E-state index contributed by atoms with van der Waals surface area (Å²) < 4.78 is 40.5. The van der Waals surface area contributed by atoms with Gasteiger partial charge in [-0.1, -0.05) is 12.1 Å². The van der Waals surface area contributed by atoms with Gasteiger partial charge in [-0.2, -0.15) is 0 Å². The fraction of sp³-hybridized carbons (Fsp3) is 0.391. The summed E-state index contributed by atoms with van der Waals surface area (Å²) in [5.41, 5.74) is 3.68. The first-order chi connectivity index (χ1) is 15.5. The molecule has 1 aliphatic rings. The monoisotopic (exact) mass is 464 g/mol. The van der Waals surface area contributed by atoms with E-state index in [1.165, 1.54) is 23.4 Å². The number of fused-ring (bicyclic) bond motifs is 1. The SMILES string of the molecule is CN1CCCc2cc([C@@H](CNC(=O)C(=O)Nc3ccc(OC(F)(F)F)cc3)N(C)C)ccc21. The molecule has 178 valence electrons. The molecular formula is C23H27F3N4O3. The number of hydrogen-bond donors (Lipinski definition) is 2. The van der Waals surface area contributed by atoms with E-state index in [0.29, 0.717) is 0 Å². The number of carbonyl (C=O) groups excluding carboxylic acids is 2. The van der Waals surface area contributed by atoms with Crippen molar-refractivity contribution in [2.45, 2.75) is 25.2 Å². The van der Waals surface area contributed by atoms with Crippen molar-refractivity contribution in [3.05, 3.63) is 53.6 Å². The van der Waals surface area contributed by atoms with Crippen LogP contribution in [0, 0.1) is 0 Å². The Morgan fingerprint density at radius 3 is 2.45 bits per heavy atom. The molecule has 0 aliphatic carbocycles. The molecule has 0 saturated heterocycles. The molecule has 2 N–H and O–H groups in total. The molecule has 0 bridgehead atoms. The highest BCUT2D eigenvalue weighted by Crippen LogP contribution is 2.30. The van der Waals surface area contributed by atoms with Crippen LogP contribution in [0.1, 0.15) is 23.6 Å². The van der Waals surface area contributed by atoms with Crippen LogP contribution in [0.2, 0.25) is 0 Å². The van der Waals surface area contributed by atoms with Crippen LogP contribution in [0.4, 0.5) is 24.5 Å². The standard InChI is InChI=1S/C23H27F3N4O3/c1-29(2)20(16-6-11-19-15(13-16)5-4-12-30(19)3)14-27-21(31)22(32)28-17-7-9-18(10-8-17)33-23(24,25)26/h6-11,13,20H,4-5,12,14H2,1-3H3,(H,27,31)(H,28,32)/t20-/m1/s1. The maximum absolute atomic E-state index is 12.3. The minimum absolute atomic E-state index is 0.141. The van der Waals surface area contributed by atoms with E-state index in [1.807, 2.05) is 25.1 Å². The third kappa shape index (κ3) is 6.61. The molecule has 10 heteroatoms. The maximum Gasteiger partial charge on any atom is 0.573 e. The van der Waals surface area contributed by atoms with Crippen LogP contribution in [-0.4, -0.2) is 57.3 Å². The first-order valence-electron chi connectivity index (χ1n) is 10.5. The predicted octanol–water partition coefficient (Wildman–Crippen LogP) is 3.33. The molecule has 33 heavy (non-hydrogen) atoms. The van der Waals surface area contributed by atoms with Crippen molar-refractivity contribution in [3.63, 3.8) is 0 Å². The molecule has 0 fully saturated rings. The van der Waals surface area contributed by atoms with E-state index in [4.69, 9.17) is 0 Å². The number of benzene rings is 2. The summed E-state index contributed by atoms with van der Waals surface area (Å²) in [6.45, 7) is 1.24. The van der Waals surface area contributed by atoms with Gasteiger partial charge in [0.25, 0.3) is 0 Å².